The van der Waals surface area contributed by atoms with Gasteiger partial charge in [0.05, 0.1) is 35.5 Å². The molecule has 0 saturated carbocycles. The van der Waals surface area contributed by atoms with Gasteiger partial charge in [0.1, 0.15) is 17.6 Å². The van der Waals surface area contributed by atoms with E-state index >= 15 is 0 Å². The molecule has 2 fully saturated rings. The number of aromatic nitrogens is 1. The summed E-state index contributed by atoms with van der Waals surface area (Å²) in [4.78, 5) is 7.09. The predicted octanol–water partition coefficient (Wildman–Crippen LogP) is 5.16. The Morgan fingerprint density at radius 1 is 1.14 bits per heavy atom. The summed E-state index contributed by atoms with van der Waals surface area (Å²) in [5, 5.41) is 24.7. The number of pyridine rings is 1. The van der Waals surface area contributed by atoms with Crippen molar-refractivity contribution in [2.24, 2.45) is 0 Å². The zero-order valence-corrected chi connectivity index (χ0v) is 20.5. The molecule has 6 nitrogen and oxygen atoms in total. The standard InChI is InChI=1S/C30H27FN4O2/c1-18-11-21(13-22(31)12-18)25-16-34-26-6-5-19(23-4-2-3-20(15-32)30(23)36)14-24(26)29(25)35-9-7-28-27(17-35)33-8-10-37-28/h2-6,11-14,16,27-28,33,36H,7-10,17H2,1H3/t27-,28-/m1/s1. The van der Waals surface area contributed by atoms with E-state index < -0.39 is 0 Å². The first-order valence-electron chi connectivity index (χ1n) is 12.5. The van der Waals surface area contributed by atoms with Crippen molar-refractivity contribution >= 4 is 16.6 Å². The largest absolute Gasteiger partial charge is 0.506 e. The first-order chi connectivity index (χ1) is 18.0. The number of halogens is 1. The normalized spacial score (nSPS) is 19.4. The summed E-state index contributed by atoms with van der Waals surface area (Å²) >= 11 is 0. The van der Waals surface area contributed by atoms with E-state index in [1.807, 2.05) is 43.5 Å². The summed E-state index contributed by atoms with van der Waals surface area (Å²) in [5.41, 5.74) is 5.86. The van der Waals surface area contributed by atoms with E-state index in [1.54, 1.807) is 24.3 Å². The topological polar surface area (TPSA) is 81.4 Å². The molecule has 186 valence electrons. The van der Waals surface area contributed by atoms with Crippen LogP contribution in [0, 0.1) is 24.1 Å². The number of nitrogens with one attached hydrogen (secondary N) is 1. The number of benzene rings is 3. The molecule has 37 heavy (non-hydrogen) atoms. The fourth-order valence-electron chi connectivity index (χ4n) is 5.64. The number of anilines is 1. The van der Waals surface area contributed by atoms with E-state index in [0.717, 1.165) is 71.5 Å². The molecule has 2 saturated heterocycles. The van der Waals surface area contributed by atoms with Crippen LogP contribution in [0.5, 0.6) is 5.75 Å². The summed E-state index contributed by atoms with van der Waals surface area (Å²) in [6.07, 6.45) is 2.89. The molecule has 0 amide bonds. The van der Waals surface area contributed by atoms with Crippen LogP contribution in [0.4, 0.5) is 10.1 Å². The van der Waals surface area contributed by atoms with Crippen LogP contribution in [0.1, 0.15) is 17.5 Å². The highest BCUT2D eigenvalue weighted by molar-refractivity contribution is 6.02. The molecule has 1 aromatic heterocycles. The number of nitrogens with zero attached hydrogens (tertiary/aromatic N) is 3. The maximum Gasteiger partial charge on any atom is 0.141 e. The number of aromatic hydroxyl groups is 1. The van der Waals surface area contributed by atoms with Crippen LogP contribution in [0.2, 0.25) is 0 Å². The Morgan fingerprint density at radius 3 is 2.86 bits per heavy atom. The minimum Gasteiger partial charge on any atom is -0.506 e. The highest BCUT2D eigenvalue weighted by Crippen LogP contribution is 2.41. The molecule has 2 aliphatic rings. The second-order valence-electron chi connectivity index (χ2n) is 9.79. The van der Waals surface area contributed by atoms with Gasteiger partial charge in [-0.3, -0.25) is 4.98 Å². The van der Waals surface area contributed by atoms with Crippen molar-refractivity contribution in [2.45, 2.75) is 25.5 Å². The second kappa shape index (κ2) is 9.47. The number of hydrogen-bond acceptors (Lipinski definition) is 6. The van der Waals surface area contributed by atoms with E-state index in [2.05, 4.69) is 10.2 Å². The highest BCUT2D eigenvalue weighted by atomic mass is 19.1. The summed E-state index contributed by atoms with van der Waals surface area (Å²) < 4.78 is 20.5. The van der Waals surface area contributed by atoms with Gasteiger partial charge in [-0.2, -0.15) is 5.26 Å². The summed E-state index contributed by atoms with van der Waals surface area (Å²) in [5.74, 6) is -0.325. The number of fused-ring (bicyclic) bond motifs is 2. The summed E-state index contributed by atoms with van der Waals surface area (Å²) in [6, 6.07) is 18.3. The average Bonchev–Trinajstić information content (AvgIpc) is 2.91. The molecule has 0 bridgehead atoms. The quantitative estimate of drug-likeness (QED) is 0.410. The number of piperidine rings is 1. The van der Waals surface area contributed by atoms with Gasteiger partial charge in [0.25, 0.3) is 0 Å². The lowest BCUT2D eigenvalue weighted by atomic mass is 9.94. The van der Waals surface area contributed by atoms with Crippen molar-refractivity contribution in [3.05, 3.63) is 77.7 Å². The third kappa shape index (κ3) is 4.29. The summed E-state index contributed by atoms with van der Waals surface area (Å²) in [7, 11) is 0. The molecular weight excluding hydrogens is 467 g/mol. The van der Waals surface area contributed by atoms with Gasteiger partial charge in [-0.15, -0.1) is 0 Å². The molecule has 4 aromatic rings. The van der Waals surface area contributed by atoms with Crippen LogP contribution in [0.3, 0.4) is 0 Å². The van der Waals surface area contributed by atoms with Crippen molar-refractivity contribution in [3.8, 4) is 34.1 Å². The molecule has 7 heteroatoms. The monoisotopic (exact) mass is 494 g/mol. The average molecular weight is 495 g/mol. The molecular formula is C30H27FN4O2. The van der Waals surface area contributed by atoms with Crippen molar-refractivity contribution in [1.82, 2.24) is 10.3 Å². The number of phenols is 1. The molecule has 2 atom stereocenters. The fraction of sp³-hybridized carbons (Fsp3) is 0.267. The van der Waals surface area contributed by atoms with Gasteiger partial charge in [0, 0.05) is 42.3 Å². The Kier molecular flexibility index (Phi) is 5.99. The van der Waals surface area contributed by atoms with Gasteiger partial charge in [-0.25, -0.2) is 4.39 Å². The SMILES string of the molecule is Cc1cc(F)cc(-c2cnc3ccc(-c4cccc(C#N)c4O)cc3c2N2CC[C@H]3OCCN[C@@H]3C2)c1. The van der Waals surface area contributed by atoms with Crippen LogP contribution in [0.15, 0.2) is 60.8 Å². The number of aryl methyl sites for hydroxylation is 1. The van der Waals surface area contributed by atoms with E-state index in [9.17, 15) is 14.8 Å². The Hall–Kier alpha value is -3.99. The molecule has 2 N–H and O–H groups in total. The first kappa shape index (κ1) is 23.4. The highest BCUT2D eigenvalue weighted by Gasteiger charge is 2.33. The maximum absolute atomic E-state index is 14.5. The maximum atomic E-state index is 14.5. The third-order valence-electron chi connectivity index (χ3n) is 7.37. The third-order valence-corrected chi connectivity index (χ3v) is 7.37. The first-order valence-corrected chi connectivity index (χ1v) is 12.5. The number of morpholine rings is 1. The second-order valence-corrected chi connectivity index (χ2v) is 9.79. The number of hydrogen-bond donors (Lipinski definition) is 2. The molecule has 0 spiro atoms. The number of rotatable bonds is 3. The van der Waals surface area contributed by atoms with Crippen molar-refractivity contribution in [2.75, 3.05) is 31.1 Å². The van der Waals surface area contributed by atoms with Crippen LogP contribution >= 0.6 is 0 Å². The van der Waals surface area contributed by atoms with E-state index in [0.29, 0.717) is 5.56 Å². The van der Waals surface area contributed by atoms with Crippen LogP contribution in [-0.2, 0) is 4.74 Å². The lowest BCUT2D eigenvalue weighted by molar-refractivity contribution is -0.0134. The Morgan fingerprint density at radius 2 is 2.03 bits per heavy atom. The predicted molar refractivity (Wildman–Crippen MR) is 142 cm³/mol. The Balaban J connectivity index is 1.56. The lowest BCUT2D eigenvalue weighted by Gasteiger charge is -2.43. The molecule has 0 aliphatic carbocycles. The van der Waals surface area contributed by atoms with Gasteiger partial charge >= 0.3 is 0 Å². The van der Waals surface area contributed by atoms with Crippen LogP contribution in [-0.4, -0.2) is 48.5 Å². The van der Waals surface area contributed by atoms with Crippen molar-refractivity contribution < 1.29 is 14.2 Å². The lowest BCUT2D eigenvalue weighted by Crippen LogP contribution is -2.58. The van der Waals surface area contributed by atoms with E-state index in [4.69, 9.17) is 9.72 Å². The zero-order valence-electron chi connectivity index (χ0n) is 20.5. The van der Waals surface area contributed by atoms with E-state index in [-0.39, 0.29) is 29.3 Å². The molecule has 6 rings (SSSR count). The Bertz CT molecular complexity index is 1530. The zero-order chi connectivity index (χ0) is 25.5. The van der Waals surface area contributed by atoms with Crippen LogP contribution in [0.25, 0.3) is 33.2 Å². The minimum atomic E-state index is -0.283. The number of para-hydroxylation sites is 1. The summed E-state index contributed by atoms with van der Waals surface area (Å²) in [6.45, 7) is 4.98. The van der Waals surface area contributed by atoms with Crippen molar-refractivity contribution in [3.63, 3.8) is 0 Å². The van der Waals surface area contributed by atoms with Gasteiger partial charge in [0.15, 0.2) is 0 Å². The van der Waals surface area contributed by atoms with Crippen LogP contribution < -0.4 is 10.2 Å². The number of ether oxygens (including phenoxy) is 1. The fourth-order valence-corrected chi connectivity index (χ4v) is 5.64. The van der Waals surface area contributed by atoms with Crippen molar-refractivity contribution in [1.29, 1.82) is 5.26 Å². The number of phenolic OH excluding ortho intramolecular Hbond substituents is 1. The van der Waals surface area contributed by atoms with Gasteiger partial charge < -0.3 is 20.1 Å². The Labute approximate surface area is 214 Å². The smallest absolute Gasteiger partial charge is 0.141 e. The van der Waals surface area contributed by atoms with E-state index in [1.165, 1.54) is 6.07 Å². The van der Waals surface area contributed by atoms with Gasteiger partial charge in [0.2, 0.25) is 0 Å². The van der Waals surface area contributed by atoms with Gasteiger partial charge in [-0.05, 0) is 60.4 Å². The molecule has 2 aliphatic heterocycles. The minimum absolute atomic E-state index is 0.0415. The van der Waals surface area contributed by atoms with Gasteiger partial charge in [-0.1, -0.05) is 24.3 Å². The molecule has 0 unspecified atom stereocenters. The molecule has 3 aromatic carbocycles. The molecule has 3 heterocycles. The molecule has 0 radical (unpaired) electrons. The number of nitriles is 1.